The lowest BCUT2D eigenvalue weighted by Gasteiger charge is -2.17. The smallest absolute Gasteiger partial charge is 0.194 e. The third-order valence-electron chi connectivity index (χ3n) is 5.33. The predicted octanol–water partition coefficient (Wildman–Crippen LogP) is 8.35. The summed E-state index contributed by atoms with van der Waals surface area (Å²) in [6, 6.07) is 25.8. The number of unbranched alkanes of at least 4 members (excludes halogenated alkanes) is 4. The molecule has 1 atom stereocenters. The Bertz CT molecular complexity index is 838. The summed E-state index contributed by atoms with van der Waals surface area (Å²) in [5.41, 5.74) is 2.70. The van der Waals surface area contributed by atoms with Gasteiger partial charge >= 0.3 is 0 Å². The lowest BCUT2D eigenvalue weighted by molar-refractivity contribution is -0.00107. The first kappa shape index (κ1) is 26.5. The summed E-state index contributed by atoms with van der Waals surface area (Å²) in [6.07, 6.45) is 8.84. The molecule has 3 heteroatoms. The molecule has 0 amide bonds. The number of aryl methyl sites for hydroxylation is 1. The van der Waals surface area contributed by atoms with E-state index in [0.717, 1.165) is 30.1 Å². The van der Waals surface area contributed by atoms with E-state index < -0.39 is 6.29 Å². The van der Waals surface area contributed by atoms with Crippen LogP contribution in [0.25, 0.3) is 0 Å². The molecule has 0 aliphatic heterocycles. The summed E-state index contributed by atoms with van der Waals surface area (Å²) in [5.74, 6) is 2.60. The topological polar surface area (TPSA) is 38.7 Å². The van der Waals surface area contributed by atoms with Crippen LogP contribution < -0.4 is 9.47 Å². The molecule has 178 valence electrons. The van der Waals surface area contributed by atoms with Crippen LogP contribution in [0.5, 0.6) is 17.2 Å². The molecule has 3 nitrogen and oxygen atoms in total. The fourth-order valence-electron chi connectivity index (χ4n) is 3.65. The van der Waals surface area contributed by atoms with E-state index in [1.165, 1.54) is 49.7 Å². The zero-order valence-corrected chi connectivity index (χ0v) is 20.5. The number of benzene rings is 3. The Kier molecular flexibility index (Phi) is 12.8. The highest BCUT2D eigenvalue weighted by Gasteiger charge is 2.11. The van der Waals surface area contributed by atoms with Crippen molar-refractivity contribution in [1.82, 2.24) is 0 Å². The van der Waals surface area contributed by atoms with Crippen LogP contribution in [-0.4, -0.2) is 11.4 Å². The van der Waals surface area contributed by atoms with E-state index in [1.54, 1.807) is 6.92 Å². The lowest BCUT2D eigenvalue weighted by Crippen LogP contribution is -2.12. The van der Waals surface area contributed by atoms with Crippen molar-refractivity contribution >= 4 is 0 Å². The van der Waals surface area contributed by atoms with Crippen molar-refractivity contribution in [3.63, 3.8) is 0 Å². The van der Waals surface area contributed by atoms with E-state index >= 15 is 0 Å². The summed E-state index contributed by atoms with van der Waals surface area (Å²) in [7, 11) is 0. The predicted molar refractivity (Wildman–Crippen MR) is 138 cm³/mol. The van der Waals surface area contributed by atoms with Crippen LogP contribution in [0.2, 0.25) is 0 Å². The van der Waals surface area contributed by atoms with Gasteiger partial charge in [0.15, 0.2) is 6.29 Å². The van der Waals surface area contributed by atoms with Gasteiger partial charge in [0.05, 0.1) is 0 Å². The minimum atomic E-state index is -0.745. The molecule has 0 bridgehead atoms. The van der Waals surface area contributed by atoms with Gasteiger partial charge in [0, 0.05) is 0 Å². The maximum Gasteiger partial charge on any atom is 0.194 e. The molecule has 0 saturated heterocycles. The van der Waals surface area contributed by atoms with Gasteiger partial charge < -0.3 is 14.6 Å². The van der Waals surface area contributed by atoms with Gasteiger partial charge in [-0.15, -0.1) is 0 Å². The summed E-state index contributed by atoms with van der Waals surface area (Å²) in [6.45, 7) is 6.12. The highest BCUT2D eigenvalue weighted by atomic mass is 16.6. The summed E-state index contributed by atoms with van der Waals surface area (Å²) in [4.78, 5) is 0. The van der Waals surface area contributed by atoms with Gasteiger partial charge in [0.25, 0.3) is 0 Å². The van der Waals surface area contributed by atoms with Gasteiger partial charge in [-0.2, -0.15) is 0 Å². The molecule has 0 fully saturated rings. The van der Waals surface area contributed by atoms with Crippen molar-refractivity contribution in [2.75, 3.05) is 0 Å². The number of ether oxygens (including phenoxy) is 2. The molecular weight excluding hydrogens is 408 g/mol. The second-order valence-corrected chi connectivity index (χ2v) is 8.25. The molecule has 3 rings (SSSR count). The quantitative estimate of drug-likeness (QED) is 0.223. The molecule has 0 heterocycles. The minimum absolute atomic E-state index is 0.745. The first-order valence-corrected chi connectivity index (χ1v) is 12.4. The number of para-hydroxylation sites is 2. The van der Waals surface area contributed by atoms with Crippen molar-refractivity contribution in [1.29, 1.82) is 0 Å². The first-order chi connectivity index (χ1) is 16.1. The molecule has 0 spiro atoms. The summed E-state index contributed by atoms with van der Waals surface area (Å²) >= 11 is 0. The van der Waals surface area contributed by atoms with Crippen LogP contribution in [0.15, 0.2) is 78.9 Å². The number of hydrogen-bond donors (Lipinski definition) is 1. The third-order valence-corrected chi connectivity index (χ3v) is 5.33. The zero-order chi connectivity index (χ0) is 23.7. The molecule has 0 aliphatic carbocycles. The molecule has 3 aromatic carbocycles. The standard InChI is InChI=1S/C18H30O2.C12H10O/c1-4-6-8-11-16-12-10-14-18(20-15(3)19)17(16)13-9-7-5-2;1-3-7-11(8-4-1)13-12-9-5-2-6-10-12/h10,12,14-15,19H,4-9,11,13H2,1-3H3;1-10H. The van der Waals surface area contributed by atoms with Gasteiger partial charge in [-0.25, -0.2) is 0 Å². The maximum absolute atomic E-state index is 9.48. The van der Waals surface area contributed by atoms with Gasteiger partial charge in [0.1, 0.15) is 17.2 Å². The van der Waals surface area contributed by atoms with Crippen LogP contribution in [-0.2, 0) is 12.8 Å². The van der Waals surface area contributed by atoms with E-state index in [-0.39, 0.29) is 0 Å². The largest absolute Gasteiger partial charge is 0.465 e. The molecule has 3 aromatic rings. The van der Waals surface area contributed by atoms with Crippen molar-refractivity contribution < 1.29 is 14.6 Å². The monoisotopic (exact) mass is 448 g/mol. The summed E-state index contributed by atoms with van der Waals surface area (Å²) in [5, 5.41) is 9.48. The van der Waals surface area contributed by atoms with E-state index in [4.69, 9.17) is 9.47 Å². The van der Waals surface area contributed by atoms with Crippen LogP contribution in [0.4, 0.5) is 0 Å². The van der Waals surface area contributed by atoms with E-state index in [9.17, 15) is 5.11 Å². The third kappa shape index (κ3) is 10.6. The Morgan fingerprint density at radius 1 is 0.667 bits per heavy atom. The first-order valence-electron chi connectivity index (χ1n) is 12.4. The van der Waals surface area contributed by atoms with Gasteiger partial charge in [0.2, 0.25) is 0 Å². The van der Waals surface area contributed by atoms with E-state index in [2.05, 4.69) is 19.9 Å². The van der Waals surface area contributed by atoms with E-state index in [0.29, 0.717) is 0 Å². The van der Waals surface area contributed by atoms with Gasteiger partial charge in [-0.1, -0.05) is 88.1 Å². The molecule has 1 N–H and O–H groups in total. The normalized spacial score (nSPS) is 11.3. The van der Waals surface area contributed by atoms with Crippen molar-refractivity contribution in [3.8, 4) is 17.2 Å². The minimum Gasteiger partial charge on any atom is -0.465 e. The van der Waals surface area contributed by atoms with Crippen molar-refractivity contribution in [3.05, 3.63) is 90.0 Å². The Morgan fingerprint density at radius 3 is 1.73 bits per heavy atom. The zero-order valence-electron chi connectivity index (χ0n) is 20.5. The lowest BCUT2D eigenvalue weighted by atomic mass is 9.96. The van der Waals surface area contributed by atoms with Crippen LogP contribution >= 0.6 is 0 Å². The Morgan fingerprint density at radius 2 is 1.21 bits per heavy atom. The highest BCUT2D eigenvalue weighted by molar-refractivity contribution is 5.40. The number of aliphatic hydroxyl groups excluding tert-OH is 1. The van der Waals surface area contributed by atoms with Gasteiger partial charge in [-0.3, -0.25) is 0 Å². The molecule has 0 radical (unpaired) electrons. The van der Waals surface area contributed by atoms with Crippen LogP contribution in [0.1, 0.15) is 70.4 Å². The Balaban J connectivity index is 0.000000254. The maximum atomic E-state index is 9.48. The van der Waals surface area contributed by atoms with Gasteiger partial charge in [-0.05, 0) is 74.1 Å². The van der Waals surface area contributed by atoms with Crippen LogP contribution in [0.3, 0.4) is 0 Å². The molecule has 0 saturated carbocycles. The fourth-order valence-corrected chi connectivity index (χ4v) is 3.65. The Labute approximate surface area is 200 Å². The fraction of sp³-hybridized carbons (Fsp3) is 0.400. The average molecular weight is 449 g/mol. The highest BCUT2D eigenvalue weighted by Crippen LogP contribution is 2.27. The number of rotatable bonds is 12. The number of hydrogen-bond acceptors (Lipinski definition) is 3. The molecular formula is C30H40O3. The molecule has 0 aliphatic rings. The van der Waals surface area contributed by atoms with Crippen LogP contribution in [0, 0.1) is 0 Å². The van der Waals surface area contributed by atoms with Crippen molar-refractivity contribution in [2.45, 2.75) is 78.4 Å². The molecule has 1 unspecified atom stereocenters. The molecule has 33 heavy (non-hydrogen) atoms. The molecule has 0 aromatic heterocycles. The summed E-state index contributed by atoms with van der Waals surface area (Å²) < 4.78 is 11.2. The van der Waals surface area contributed by atoms with Crippen molar-refractivity contribution in [2.24, 2.45) is 0 Å². The van der Waals surface area contributed by atoms with E-state index in [1.807, 2.05) is 72.8 Å². The Hall–Kier alpha value is -2.78. The second-order valence-electron chi connectivity index (χ2n) is 8.25. The average Bonchev–Trinajstić information content (AvgIpc) is 2.82. The SMILES string of the molecule is CCCCCc1cccc(OC(C)O)c1CCCCC.c1ccc(Oc2ccccc2)cc1. The second kappa shape index (κ2) is 15.9. The number of aliphatic hydroxyl groups is 1.